The molecule has 1 aromatic carbocycles. The molecular formula is C14H11N3O5. The van der Waals surface area contributed by atoms with Crippen molar-refractivity contribution in [1.82, 2.24) is 9.55 Å². The molecule has 2 aliphatic rings. The summed E-state index contributed by atoms with van der Waals surface area (Å²) >= 11 is 0. The van der Waals surface area contributed by atoms with Gasteiger partial charge in [-0.15, -0.1) is 0 Å². The average Bonchev–Trinajstić information content (AvgIpc) is 2.83. The average molecular weight is 301 g/mol. The number of fused-ring (bicyclic) bond motifs is 5. The van der Waals surface area contributed by atoms with Crippen molar-refractivity contribution in [3.8, 4) is 0 Å². The van der Waals surface area contributed by atoms with Gasteiger partial charge in [-0.1, -0.05) is 24.3 Å². The predicted octanol–water partition coefficient (Wildman–Crippen LogP) is -1.27. The van der Waals surface area contributed by atoms with Gasteiger partial charge in [0.05, 0.1) is 0 Å². The summed E-state index contributed by atoms with van der Waals surface area (Å²) in [6, 6.07) is 6.14. The van der Waals surface area contributed by atoms with Gasteiger partial charge >= 0.3 is 5.69 Å². The minimum atomic E-state index is -2.48. The van der Waals surface area contributed by atoms with Gasteiger partial charge in [0.25, 0.3) is 5.56 Å². The Morgan fingerprint density at radius 2 is 1.82 bits per heavy atom. The molecule has 2 heterocycles. The number of hydrogen-bond acceptors (Lipinski definition) is 6. The number of hydrogen-bond donors (Lipinski definition) is 4. The van der Waals surface area contributed by atoms with Crippen LogP contribution in [0.5, 0.6) is 0 Å². The molecule has 2 atom stereocenters. The van der Waals surface area contributed by atoms with Gasteiger partial charge < -0.3 is 15.5 Å². The molecule has 8 nitrogen and oxygen atoms in total. The number of ketones is 1. The van der Waals surface area contributed by atoms with Crippen LogP contribution in [0.25, 0.3) is 0 Å². The number of aromatic nitrogens is 2. The molecule has 4 rings (SSSR count). The zero-order valence-corrected chi connectivity index (χ0v) is 11.4. The second-order valence-electron chi connectivity index (χ2n) is 5.46. The van der Waals surface area contributed by atoms with Gasteiger partial charge in [0.1, 0.15) is 11.4 Å². The molecule has 0 saturated heterocycles. The molecule has 22 heavy (non-hydrogen) atoms. The molecule has 1 aliphatic heterocycles. The molecule has 8 heteroatoms. The highest BCUT2D eigenvalue weighted by Crippen LogP contribution is 2.54. The quantitative estimate of drug-likeness (QED) is 0.481. The van der Waals surface area contributed by atoms with Crippen molar-refractivity contribution in [2.45, 2.75) is 11.3 Å². The molecule has 0 bridgehead atoms. The Morgan fingerprint density at radius 1 is 1.14 bits per heavy atom. The number of benzene rings is 1. The maximum absolute atomic E-state index is 12.6. The van der Waals surface area contributed by atoms with Crippen molar-refractivity contribution >= 4 is 11.6 Å². The van der Waals surface area contributed by atoms with E-state index in [-0.39, 0.29) is 22.5 Å². The van der Waals surface area contributed by atoms with Crippen LogP contribution in [-0.4, -0.2) is 25.5 Å². The topological polar surface area (TPSA) is 124 Å². The third-order valence-electron chi connectivity index (χ3n) is 4.40. The normalized spacial score (nSPS) is 28.0. The summed E-state index contributed by atoms with van der Waals surface area (Å²) in [6.07, 6.45) is 0. The lowest BCUT2D eigenvalue weighted by Crippen LogP contribution is -2.51. The Hall–Kier alpha value is -2.71. The molecule has 112 valence electrons. The number of anilines is 1. The molecule has 0 amide bonds. The molecule has 1 aliphatic carbocycles. The molecule has 0 fully saturated rings. The summed E-state index contributed by atoms with van der Waals surface area (Å²) in [4.78, 5) is 38.5. The minimum Gasteiger partial charge on any atom is -0.372 e. The van der Waals surface area contributed by atoms with Crippen LogP contribution in [0.2, 0.25) is 0 Å². The van der Waals surface area contributed by atoms with E-state index >= 15 is 0 Å². The summed E-state index contributed by atoms with van der Waals surface area (Å²) in [5.41, 5.74) is -6.39. The van der Waals surface area contributed by atoms with Gasteiger partial charge in [-0.3, -0.25) is 19.1 Å². The highest BCUT2D eigenvalue weighted by Gasteiger charge is 2.69. The van der Waals surface area contributed by atoms with Crippen molar-refractivity contribution in [1.29, 1.82) is 0 Å². The highest BCUT2D eigenvalue weighted by molar-refractivity contribution is 6.11. The number of rotatable bonds is 0. The predicted molar refractivity (Wildman–Crippen MR) is 74.5 cm³/mol. The van der Waals surface area contributed by atoms with Gasteiger partial charge in [0.15, 0.2) is 0 Å². The highest BCUT2D eigenvalue weighted by atomic mass is 16.4. The molecular weight excluding hydrogens is 290 g/mol. The monoisotopic (exact) mass is 301 g/mol. The summed E-state index contributed by atoms with van der Waals surface area (Å²) in [5.74, 6) is -0.873. The van der Waals surface area contributed by atoms with Gasteiger partial charge in [0, 0.05) is 18.2 Å². The van der Waals surface area contributed by atoms with Crippen LogP contribution in [0.1, 0.15) is 21.5 Å². The van der Waals surface area contributed by atoms with Crippen molar-refractivity contribution in [2.75, 3.05) is 5.32 Å². The first kappa shape index (κ1) is 13.0. The van der Waals surface area contributed by atoms with E-state index in [2.05, 4.69) is 5.32 Å². The molecule has 0 spiro atoms. The van der Waals surface area contributed by atoms with Gasteiger partial charge in [-0.05, 0) is 0 Å². The van der Waals surface area contributed by atoms with Gasteiger partial charge in [-0.25, -0.2) is 4.79 Å². The summed E-state index contributed by atoms with van der Waals surface area (Å²) in [7, 11) is 1.36. The smallest absolute Gasteiger partial charge is 0.329 e. The number of carbonyl (C=O) groups excluding carboxylic acids is 1. The number of carbonyl (C=O) groups is 1. The summed E-state index contributed by atoms with van der Waals surface area (Å²) in [5, 5.41) is 24.4. The van der Waals surface area contributed by atoms with Crippen LogP contribution in [0, 0.1) is 0 Å². The van der Waals surface area contributed by atoms with E-state index in [0.717, 1.165) is 4.57 Å². The largest absolute Gasteiger partial charge is 0.372 e. The molecule has 0 radical (unpaired) electrons. The van der Waals surface area contributed by atoms with E-state index < -0.39 is 28.4 Å². The van der Waals surface area contributed by atoms with Crippen molar-refractivity contribution in [3.05, 3.63) is 61.8 Å². The maximum Gasteiger partial charge on any atom is 0.329 e. The Bertz CT molecular complexity index is 975. The molecule has 2 aromatic rings. The van der Waals surface area contributed by atoms with E-state index in [1.807, 2.05) is 4.98 Å². The van der Waals surface area contributed by atoms with E-state index in [0.29, 0.717) is 0 Å². The number of nitrogens with one attached hydrogen (secondary N) is 2. The fourth-order valence-electron chi connectivity index (χ4n) is 3.28. The van der Waals surface area contributed by atoms with Crippen LogP contribution in [0.15, 0.2) is 33.9 Å². The second-order valence-corrected chi connectivity index (χ2v) is 5.46. The third kappa shape index (κ3) is 1.11. The Morgan fingerprint density at radius 3 is 2.55 bits per heavy atom. The molecule has 0 unspecified atom stereocenters. The fourth-order valence-corrected chi connectivity index (χ4v) is 3.28. The van der Waals surface area contributed by atoms with Crippen LogP contribution >= 0.6 is 0 Å². The first-order chi connectivity index (χ1) is 10.3. The first-order valence-corrected chi connectivity index (χ1v) is 6.53. The van der Waals surface area contributed by atoms with Gasteiger partial charge in [-0.2, -0.15) is 0 Å². The number of Topliss-reactive ketones (excluding diaryl/α,β-unsaturated/α-hetero) is 1. The number of aromatic amines is 1. The Labute approximate surface area is 122 Å². The SMILES string of the molecule is Cn1c2c(c(=O)[nH]c1=O)[C@@]1(O)C(=O)c3ccccc3[C@]1(O)N2. The van der Waals surface area contributed by atoms with E-state index in [9.17, 15) is 24.6 Å². The Balaban J connectivity index is 2.16. The summed E-state index contributed by atoms with van der Waals surface area (Å²) in [6.45, 7) is 0. The lowest BCUT2D eigenvalue weighted by atomic mass is 9.88. The van der Waals surface area contributed by atoms with Crippen molar-refractivity contribution in [2.24, 2.45) is 7.05 Å². The minimum absolute atomic E-state index is 0.0818. The van der Waals surface area contributed by atoms with Crippen LogP contribution in [0.3, 0.4) is 0 Å². The molecule has 4 N–H and O–H groups in total. The van der Waals surface area contributed by atoms with E-state index in [1.165, 1.54) is 19.2 Å². The molecule has 0 saturated carbocycles. The zero-order valence-electron chi connectivity index (χ0n) is 11.4. The standard InChI is InChI=1S/C14H11N3O5/c1-17-10-8(11(19)15-12(17)20)13(21)9(18)6-4-2-3-5-7(6)14(13,22)16-10/h2-5,16,21-22H,1H3,(H,15,19,20)/t13-,14-/m1/s1. The zero-order chi connectivity index (χ0) is 15.9. The first-order valence-electron chi connectivity index (χ1n) is 6.53. The lowest BCUT2D eigenvalue weighted by Gasteiger charge is -2.29. The van der Waals surface area contributed by atoms with Gasteiger partial charge in [0.2, 0.25) is 17.1 Å². The lowest BCUT2D eigenvalue weighted by molar-refractivity contribution is -0.101. The number of aliphatic hydroxyl groups is 2. The number of H-pyrrole nitrogens is 1. The van der Waals surface area contributed by atoms with Crippen molar-refractivity contribution in [3.63, 3.8) is 0 Å². The summed E-state index contributed by atoms with van der Waals surface area (Å²) < 4.78 is 1.03. The Kier molecular flexibility index (Phi) is 2.09. The maximum atomic E-state index is 12.6. The van der Waals surface area contributed by atoms with Crippen molar-refractivity contribution < 1.29 is 15.0 Å². The third-order valence-corrected chi connectivity index (χ3v) is 4.40. The van der Waals surface area contributed by atoms with Crippen LogP contribution in [-0.2, 0) is 18.4 Å². The number of nitrogens with zero attached hydrogens (tertiary/aromatic N) is 1. The van der Waals surface area contributed by atoms with Crippen LogP contribution in [0.4, 0.5) is 5.82 Å². The van der Waals surface area contributed by atoms with E-state index in [1.54, 1.807) is 12.1 Å². The second kappa shape index (κ2) is 3.54. The fraction of sp³-hybridized carbons (Fsp3) is 0.214. The molecule has 1 aromatic heterocycles. The van der Waals surface area contributed by atoms with Crippen LogP contribution < -0.4 is 16.6 Å². The van der Waals surface area contributed by atoms with E-state index in [4.69, 9.17) is 0 Å².